The van der Waals surface area contributed by atoms with Gasteiger partial charge in [0.15, 0.2) is 11.6 Å². The molecular weight excluding hydrogens is 534 g/mol. The fourth-order valence-corrected chi connectivity index (χ4v) is 7.94. The molecule has 0 radical (unpaired) electrons. The Labute approximate surface area is 258 Å². The van der Waals surface area contributed by atoms with E-state index in [2.05, 4.69) is 122 Å². The van der Waals surface area contributed by atoms with Crippen molar-refractivity contribution in [3.63, 3.8) is 0 Å². The van der Waals surface area contributed by atoms with Crippen LogP contribution in [0.2, 0.25) is 0 Å². The minimum atomic E-state index is -0.353. The molecule has 4 aliphatic carbocycles. The van der Waals surface area contributed by atoms with Crippen molar-refractivity contribution in [2.45, 2.75) is 31.1 Å². The van der Waals surface area contributed by atoms with Gasteiger partial charge in [-0.05, 0) is 69.4 Å². The lowest BCUT2D eigenvalue weighted by molar-refractivity contribution is 0.600. The van der Waals surface area contributed by atoms with E-state index in [1.807, 2.05) is 18.2 Å². The predicted octanol–water partition coefficient (Wildman–Crippen LogP) is 9.48. The van der Waals surface area contributed by atoms with E-state index in [-0.39, 0.29) is 11.3 Å². The Morgan fingerprint density at radius 1 is 0.636 bits per heavy atom. The van der Waals surface area contributed by atoms with E-state index in [1.54, 1.807) is 0 Å². The van der Waals surface area contributed by atoms with E-state index < -0.39 is 0 Å². The second-order valence-electron chi connectivity index (χ2n) is 12.3. The highest BCUT2D eigenvalue weighted by atomic mass is 15.0. The second-order valence-corrected chi connectivity index (χ2v) is 12.3. The topological polar surface area (TPSA) is 38.7 Å². The van der Waals surface area contributed by atoms with Crippen LogP contribution in [0.25, 0.3) is 39.5 Å². The lowest BCUT2D eigenvalue weighted by Gasteiger charge is -2.32. The van der Waals surface area contributed by atoms with Crippen LogP contribution in [0, 0.1) is 5.92 Å². The number of allylic oxidation sites excluding steroid dienone is 8. The highest BCUT2D eigenvalue weighted by molar-refractivity contribution is 5.96. The molecule has 0 amide bonds. The third-order valence-corrected chi connectivity index (χ3v) is 9.93. The highest BCUT2D eigenvalue weighted by Crippen LogP contribution is 2.63. The number of hydrogen-bond acceptors (Lipinski definition) is 3. The van der Waals surface area contributed by atoms with Crippen molar-refractivity contribution in [1.82, 2.24) is 15.0 Å². The van der Waals surface area contributed by atoms with Gasteiger partial charge in [0, 0.05) is 17.0 Å². The summed E-state index contributed by atoms with van der Waals surface area (Å²) < 4.78 is 0. The number of aromatic nitrogens is 3. The Balaban J connectivity index is 1.30. The van der Waals surface area contributed by atoms with Crippen LogP contribution >= 0.6 is 0 Å². The zero-order chi connectivity index (χ0) is 29.3. The van der Waals surface area contributed by atoms with Crippen molar-refractivity contribution in [3.05, 3.63) is 167 Å². The van der Waals surface area contributed by atoms with Gasteiger partial charge in [0.2, 0.25) is 0 Å². The molecule has 9 rings (SSSR count). The summed E-state index contributed by atoms with van der Waals surface area (Å²) in [6.45, 7) is 2.23. The molecule has 0 bridgehead atoms. The van der Waals surface area contributed by atoms with Crippen LogP contribution in [-0.4, -0.2) is 15.0 Å². The zero-order valence-electron chi connectivity index (χ0n) is 24.6. The average Bonchev–Trinajstić information content (AvgIpc) is 3.56. The first-order valence-electron chi connectivity index (χ1n) is 15.6. The van der Waals surface area contributed by atoms with Crippen LogP contribution in [0.4, 0.5) is 0 Å². The van der Waals surface area contributed by atoms with Crippen LogP contribution < -0.4 is 0 Å². The van der Waals surface area contributed by atoms with Crippen molar-refractivity contribution in [3.8, 4) is 33.9 Å². The summed E-state index contributed by atoms with van der Waals surface area (Å²) in [4.78, 5) is 15.3. The fourth-order valence-electron chi connectivity index (χ4n) is 7.94. The molecule has 0 fully saturated rings. The van der Waals surface area contributed by atoms with Crippen molar-refractivity contribution < 1.29 is 0 Å². The number of rotatable bonds is 3. The van der Waals surface area contributed by atoms with E-state index >= 15 is 0 Å². The first-order valence-corrected chi connectivity index (χ1v) is 15.6. The molecule has 5 aromatic rings. The molecule has 0 aliphatic heterocycles. The van der Waals surface area contributed by atoms with Gasteiger partial charge in [-0.2, -0.15) is 0 Å². The quantitative estimate of drug-likeness (QED) is 0.219. The first kappa shape index (κ1) is 25.4. The summed E-state index contributed by atoms with van der Waals surface area (Å²) in [5.41, 5.74) is 12.6. The largest absolute Gasteiger partial charge is 0.212 e. The molecular formula is C41H31N3. The third kappa shape index (κ3) is 3.53. The summed E-state index contributed by atoms with van der Waals surface area (Å²) >= 11 is 0. The van der Waals surface area contributed by atoms with E-state index in [0.29, 0.717) is 11.7 Å². The minimum Gasteiger partial charge on any atom is -0.212 e. The van der Waals surface area contributed by atoms with E-state index in [1.165, 1.54) is 44.5 Å². The molecule has 44 heavy (non-hydrogen) atoms. The molecule has 1 heterocycles. The van der Waals surface area contributed by atoms with Crippen LogP contribution in [0.1, 0.15) is 53.8 Å². The maximum Gasteiger partial charge on any atom is 0.163 e. The zero-order valence-corrected chi connectivity index (χ0v) is 24.6. The van der Waals surface area contributed by atoms with Gasteiger partial charge in [-0.25, -0.2) is 15.0 Å². The lowest BCUT2D eigenvalue weighted by atomic mass is 9.69. The standard InChI is InChI=1S/C41H31N3/c1-26-13-5-6-16-29(26)40-43-38(27-14-3-2-4-15-27)42-39(44-40)28-23-24-33-32-19-9-12-22-36(32)41(37(33)25-28)34-20-10-7-17-30(34)31-18-8-11-21-35(31)41/h2-7,9-17,19-26,29H,8,18H2,1H3. The van der Waals surface area contributed by atoms with E-state index in [9.17, 15) is 0 Å². The highest BCUT2D eigenvalue weighted by Gasteiger charge is 2.52. The summed E-state index contributed by atoms with van der Waals surface area (Å²) in [5, 5.41) is 0. The summed E-state index contributed by atoms with van der Waals surface area (Å²) in [6.07, 6.45) is 15.6. The van der Waals surface area contributed by atoms with Gasteiger partial charge in [-0.3, -0.25) is 0 Å². The molecule has 3 atom stereocenters. The Morgan fingerprint density at radius 2 is 1.32 bits per heavy atom. The first-order chi connectivity index (χ1) is 21.7. The van der Waals surface area contributed by atoms with Crippen molar-refractivity contribution in [2.75, 3.05) is 0 Å². The van der Waals surface area contributed by atoms with E-state index in [4.69, 9.17) is 15.0 Å². The average molecular weight is 566 g/mol. The van der Waals surface area contributed by atoms with Crippen molar-refractivity contribution in [1.29, 1.82) is 0 Å². The Bertz CT molecular complexity index is 2100. The number of nitrogens with zero attached hydrogens (tertiary/aromatic N) is 3. The van der Waals surface area contributed by atoms with Gasteiger partial charge >= 0.3 is 0 Å². The molecule has 0 N–H and O–H groups in total. The molecule has 1 aromatic heterocycles. The fraction of sp³-hybridized carbons (Fsp3) is 0.146. The summed E-state index contributed by atoms with van der Waals surface area (Å²) in [7, 11) is 0. The van der Waals surface area contributed by atoms with Gasteiger partial charge in [0.05, 0.1) is 5.41 Å². The molecule has 1 spiro atoms. The molecule has 210 valence electrons. The van der Waals surface area contributed by atoms with Crippen molar-refractivity contribution in [2.24, 2.45) is 5.92 Å². The number of hydrogen-bond donors (Lipinski definition) is 0. The monoisotopic (exact) mass is 565 g/mol. The molecule has 0 saturated heterocycles. The van der Waals surface area contributed by atoms with Gasteiger partial charge in [-0.15, -0.1) is 0 Å². The minimum absolute atomic E-state index is 0.0936. The van der Waals surface area contributed by atoms with Crippen molar-refractivity contribution >= 4 is 5.57 Å². The van der Waals surface area contributed by atoms with Gasteiger partial charge in [0.1, 0.15) is 5.82 Å². The van der Waals surface area contributed by atoms with Crippen LogP contribution in [0.3, 0.4) is 0 Å². The SMILES string of the molecule is CC1C=CC=CC1c1nc(-c2ccccc2)nc(-c2ccc3c(c2)C2(C4=C(CCC=C4)c4ccccc42)c2ccccc2-3)n1. The molecule has 4 aliphatic rings. The second kappa shape index (κ2) is 9.68. The van der Waals surface area contributed by atoms with Crippen LogP contribution in [-0.2, 0) is 5.41 Å². The molecule has 3 nitrogen and oxygen atoms in total. The molecule has 3 unspecified atom stereocenters. The molecule has 0 saturated carbocycles. The predicted molar refractivity (Wildman–Crippen MR) is 178 cm³/mol. The van der Waals surface area contributed by atoms with E-state index in [0.717, 1.165) is 35.6 Å². The summed E-state index contributed by atoms with van der Waals surface area (Å²) in [5.74, 6) is 2.64. The third-order valence-electron chi connectivity index (χ3n) is 9.93. The Morgan fingerprint density at radius 3 is 2.14 bits per heavy atom. The Kier molecular flexibility index (Phi) is 5.58. The van der Waals surface area contributed by atoms with Gasteiger partial charge in [0.25, 0.3) is 0 Å². The lowest BCUT2D eigenvalue weighted by Crippen LogP contribution is -2.27. The van der Waals surface area contributed by atoms with Gasteiger partial charge < -0.3 is 0 Å². The summed E-state index contributed by atoms with van der Waals surface area (Å²) in [6, 6.07) is 35.2. The molecule has 3 heteroatoms. The van der Waals surface area contributed by atoms with Gasteiger partial charge in [-0.1, -0.05) is 134 Å². The molecule has 4 aromatic carbocycles. The maximum absolute atomic E-state index is 5.19. The van der Waals surface area contributed by atoms with Crippen LogP contribution in [0.5, 0.6) is 0 Å². The van der Waals surface area contributed by atoms with Crippen LogP contribution in [0.15, 0.2) is 139 Å². The smallest absolute Gasteiger partial charge is 0.163 e. The number of benzene rings is 4. The number of fused-ring (bicyclic) bond motifs is 9. The normalized spacial score (nSPS) is 22.2. The maximum atomic E-state index is 5.19. The Hall–Kier alpha value is -5.15.